The lowest BCUT2D eigenvalue weighted by Crippen LogP contribution is -2.63. The molecular weight excluding hydrogens is 494 g/mol. The standard InChI is InChI=1S/C26H31N5O3S2/c1-15-28-19(14-35-15)16-8-7-9-17(12-16)29-24(34)30-21-18(13-20(36-21)25(2,3)4)22(32)31-11-10-27-23(33)26(31,5)6/h7-9,12-14H,10-11H2,1-6H3,(H,27,33)(H2,29,30,34). The van der Waals surface area contributed by atoms with Gasteiger partial charge in [0.15, 0.2) is 0 Å². The van der Waals surface area contributed by atoms with Crippen molar-refractivity contribution in [2.24, 2.45) is 0 Å². The molecular formula is C26H31N5O3S2. The van der Waals surface area contributed by atoms with Crippen molar-refractivity contribution in [3.05, 3.63) is 51.2 Å². The topological polar surface area (TPSA) is 103 Å². The molecule has 1 aromatic carbocycles. The fourth-order valence-corrected chi connectivity index (χ4v) is 5.66. The number of hydrogen-bond donors (Lipinski definition) is 3. The van der Waals surface area contributed by atoms with Gasteiger partial charge in [-0.3, -0.25) is 14.9 Å². The highest BCUT2D eigenvalue weighted by Crippen LogP contribution is 2.38. The Balaban J connectivity index is 1.59. The van der Waals surface area contributed by atoms with E-state index >= 15 is 0 Å². The minimum atomic E-state index is -0.993. The van der Waals surface area contributed by atoms with Crippen LogP contribution in [0.4, 0.5) is 15.5 Å². The van der Waals surface area contributed by atoms with Crippen LogP contribution in [0.3, 0.4) is 0 Å². The number of hydrogen-bond acceptors (Lipinski definition) is 6. The summed E-state index contributed by atoms with van der Waals surface area (Å²) in [5.74, 6) is -0.478. The minimum absolute atomic E-state index is 0.198. The Hall–Kier alpha value is -3.24. The van der Waals surface area contributed by atoms with Gasteiger partial charge in [-0.25, -0.2) is 9.78 Å². The molecule has 0 atom stereocenters. The molecule has 0 aliphatic carbocycles. The molecule has 0 bridgehead atoms. The lowest BCUT2D eigenvalue weighted by Gasteiger charge is -2.41. The van der Waals surface area contributed by atoms with E-state index in [4.69, 9.17) is 0 Å². The van der Waals surface area contributed by atoms with Crippen molar-refractivity contribution >= 4 is 51.2 Å². The summed E-state index contributed by atoms with van der Waals surface area (Å²) >= 11 is 2.94. The van der Waals surface area contributed by atoms with E-state index in [2.05, 4.69) is 41.7 Å². The number of anilines is 2. The van der Waals surface area contributed by atoms with Crippen LogP contribution in [0.2, 0.25) is 0 Å². The molecule has 3 aromatic rings. The summed E-state index contributed by atoms with van der Waals surface area (Å²) < 4.78 is 0. The van der Waals surface area contributed by atoms with E-state index in [0.29, 0.717) is 29.3 Å². The van der Waals surface area contributed by atoms with Crippen LogP contribution in [0.1, 0.15) is 54.9 Å². The van der Waals surface area contributed by atoms with E-state index in [-0.39, 0.29) is 17.2 Å². The quantitative estimate of drug-likeness (QED) is 0.420. The molecule has 36 heavy (non-hydrogen) atoms. The first-order valence-electron chi connectivity index (χ1n) is 11.7. The Morgan fingerprint density at radius 3 is 2.58 bits per heavy atom. The number of amides is 4. The summed E-state index contributed by atoms with van der Waals surface area (Å²) in [7, 11) is 0. The Kier molecular flexibility index (Phi) is 6.94. The smallest absolute Gasteiger partial charge is 0.324 e. The van der Waals surface area contributed by atoms with Gasteiger partial charge in [0.1, 0.15) is 10.5 Å². The maximum absolute atomic E-state index is 13.6. The van der Waals surface area contributed by atoms with Gasteiger partial charge in [0, 0.05) is 34.6 Å². The lowest BCUT2D eigenvalue weighted by molar-refractivity contribution is -0.133. The van der Waals surface area contributed by atoms with E-state index in [9.17, 15) is 14.4 Å². The van der Waals surface area contributed by atoms with Gasteiger partial charge >= 0.3 is 6.03 Å². The number of aryl methyl sites for hydroxylation is 1. The first-order valence-corrected chi connectivity index (χ1v) is 13.4. The van der Waals surface area contributed by atoms with E-state index in [0.717, 1.165) is 21.1 Å². The molecule has 2 aromatic heterocycles. The first-order chi connectivity index (χ1) is 16.9. The number of rotatable bonds is 4. The Morgan fingerprint density at radius 2 is 1.92 bits per heavy atom. The van der Waals surface area contributed by atoms with Crippen molar-refractivity contribution in [1.29, 1.82) is 0 Å². The summed E-state index contributed by atoms with van der Waals surface area (Å²) in [5.41, 5.74) is 1.55. The molecule has 1 aliphatic rings. The van der Waals surface area contributed by atoms with Crippen molar-refractivity contribution < 1.29 is 14.4 Å². The van der Waals surface area contributed by atoms with Gasteiger partial charge < -0.3 is 15.5 Å². The predicted molar refractivity (Wildman–Crippen MR) is 146 cm³/mol. The van der Waals surface area contributed by atoms with Crippen molar-refractivity contribution in [2.45, 2.75) is 52.5 Å². The number of carbonyl (C=O) groups is 3. The zero-order chi connectivity index (χ0) is 26.3. The average Bonchev–Trinajstić information content (AvgIpc) is 3.42. The second kappa shape index (κ2) is 9.67. The van der Waals surface area contributed by atoms with Crippen LogP contribution >= 0.6 is 22.7 Å². The van der Waals surface area contributed by atoms with E-state index in [1.165, 1.54) is 11.3 Å². The number of urea groups is 1. The Labute approximate surface area is 219 Å². The molecule has 1 fully saturated rings. The van der Waals surface area contributed by atoms with Gasteiger partial charge in [0.25, 0.3) is 5.91 Å². The number of thiazole rings is 1. The first kappa shape index (κ1) is 25.8. The van der Waals surface area contributed by atoms with Crippen molar-refractivity contribution in [1.82, 2.24) is 15.2 Å². The highest BCUT2D eigenvalue weighted by atomic mass is 32.1. The average molecular weight is 526 g/mol. The third kappa shape index (κ3) is 5.29. The zero-order valence-electron chi connectivity index (χ0n) is 21.3. The normalized spacial score (nSPS) is 15.4. The van der Waals surface area contributed by atoms with Crippen molar-refractivity contribution in [3.8, 4) is 11.3 Å². The van der Waals surface area contributed by atoms with E-state index < -0.39 is 11.6 Å². The summed E-state index contributed by atoms with van der Waals surface area (Å²) in [4.78, 5) is 46.1. The summed E-state index contributed by atoms with van der Waals surface area (Å²) in [6.45, 7) is 12.4. The molecule has 4 amide bonds. The maximum atomic E-state index is 13.6. The largest absolute Gasteiger partial charge is 0.352 e. The van der Waals surface area contributed by atoms with Gasteiger partial charge in [-0.05, 0) is 44.4 Å². The van der Waals surface area contributed by atoms with Gasteiger partial charge in [-0.2, -0.15) is 0 Å². The summed E-state index contributed by atoms with van der Waals surface area (Å²) in [6.07, 6.45) is 0. The van der Waals surface area contributed by atoms with Crippen LogP contribution < -0.4 is 16.0 Å². The monoisotopic (exact) mass is 525 g/mol. The van der Waals surface area contributed by atoms with Crippen LogP contribution in [-0.4, -0.2) is 46.4 Å². The molecule has 0 unspecified atom stereocenters. The molecule has 3 N–H and O–H groups in total. The molecule has 1 aliphatic heterocycles. The van der Waals surface area contributed by atoms with Crippen molar-refractivity contribution in [3.63, 3.8) is 0 Å². The fraction of sp³-hybridized carbons (Fsp3) is 0.385. The fourth-order valence-electron chi connectivity index (χ4n) is 3.93. The molecule has 8 nitrogen and oxygen atoms in total. The van der Waals surface area contributed by atoms with Gasteiger partial charge in [-0.15, -0.1) is 22.7 Å². The Morgan fingerprint density at radius 1 is 1.17 bits per heavy atom. The van der Waals surface area contributed by atoms with E-state index in [1.807, 2.05) is 36.6 Å². The van der Waals surface area contributed by atoms with E-state index in [1.54, 1.807) is 36.2 Å². The number of piperazine rings is 1. The second-order valence-corrected chi connectivity index (χ2v) is 12.4. The second-order valence-electron chi connectivity index (χ2n) is 10.3. The highest BCUT2D eigenvalue weighted by molar-refractivity contribution is 7.17. The minimum Gasteiger partial charge on any atom is -0.352 e. The maximum Gasteiger partial charge on any atom is 0.324 e. The van der Waals surface area contributed by atoms with Crippen molar-refractivity contribution in [2.75, 3.05) is 23.7 Å². The number of carbonyl (C=O) groups excluding carboxylic acids is 3. The van der Waals surface area contributed by atoms with Gasteiger partial charge in [-0.1, -0.05) is 32.9 Å². The van der Waals surface area contributed by atoms with Crippen LogP contribution in [0.25, 0.3) is 11.3 Å². The summed E-state index contributed by atoms with van der Waals surface area (Å²) in [5, 5.41) is 12.0. The molecule has 0 saturated carbocycles. The van der Waals surface area contributed by atoms with Crippen LogP contribution in [0.5, 0.6) is 0 Å². The third-order valence-electron chi connectivity index (χ3n) is 6.06. The molecule has 0 spiro atoms. The number of aromatic nitrogens is 1. The molecule has 0 radical (unpaired) electrons. The predicted octanol–water partition coefficient (Wildman–Crippen LogP) is 5.47. The molecule has 1 saturated heterocycles. The highest BCUT2D eigenvalue weighted by Gasteiger charge is 2.42. The van der Waals surface area contributed by atoms with Crippen LogP contribution in [0.15, 0.2) is 35.7 Å². The SMILES string of the molecule is Cc1nc(-c2cccc(NC(=O)Nc3sc(C(C)(C)C)cc3C(=O)N3CCNC(=O)C3(C)C)c2)cs1. The van der Waals surface area contributed by atoms with Gasteiger partial charge in [0.2, 0.25) is 5.91 Å². The molecule has 10 heteroatoms. The van der Waals surface area contributed by atoms with Crippen LogP contribution in [-0.2, 0) is 10.2 Å². The van der Waals surface area contributed by atoms with Gasteiger partial charge in [0.05, 0.1) is 16.3 Å². The van der Waals surface area contributed by atoms with Crippen LogP contribution in [0, 0.1) is 6.92 Å². The number of nitrogens with zero attached hydrogens (tertiary/aromatic N) is 2. The number of thiophene rings is 1. The Bertz CT molecular complexity index is 1320. The third-order valence-corrected chi connectivity index (χ3v) is 8.31. The molecule has 4 rings (SSSR count). The lowest BCUT2D eigenvalue weighted by atomic mass is 9.93. The molecule has 190 valence electrons. The zero-order valence-corrected chi connectivity index (χ0v) is 22.9. The number of benzene rings is 1. The summed E-state index contributed by atoms with van der Waals surface area (Å²) in [6, 6.07) is 8.85. The molecule has 3 heterocycles. The number of nitrogens with one attached hydrogen (secondary N) is 3.